The Hall–Kier alpha value is -4.54. The summed E-state index contributed by atoms with van der Waals surface area (Å²) in [6.45, 7) is 16.4. The van der Waals surface area contributed by atoms with Gasteiger partial charge in [0, 0.05) is 60.6 Å². The standard InChI is InChI=1S/C35H42BN8O3Si/c1-23-14-29(32(46)42(18-23)19-30-38-12-13-43(30)26-8-9-26)41-33-39-11-10-28(40-33)24-15-25(17-37)31-27(16-24)35(5,20-44(31)36-22-45)21-47-48(6,7)34(2,3)4/h10-16,18,22,26H,8-9,19-21H2,1-7H3,(H,39,40,41)/t35-/m1/s1. The van der Waals surface area contributed by atoms with Crippen molar-refractivity contribution in [1.29, 1.82) is 5.26 Å². The maximum atomic E-state index is 13.6. The van der Waals surface area contributed by atoms with Crippen LogP contribution >= 0.6 is 0 Å². The Balaban J connectivity index is 1.33. The van der Waals surface area contributed by atoms with Crippen molar-refractivity contribution < 1.29 is 9.22 Å². The van der Waals surface area contributed by atoms with Crippen LogP contribution in [0.4, 0.5) is 17.3 Å². The molecule has 13 heteroatoms. The molecule has 11 nitrogen and oxygen atoms in total. The molecule has 1 aliphatic heterocycles. The van der Waals surface area contributed by atoms with Crippen LogP contribution in [0.15, 0.2) is 53.8 Å². The number of fused-ring (bicyclic) bond motifs is 1. The van der Waals surface area contributed by atoms with Crippen LogP contribution in [0.3, 0.4) is 0 Å². The predicted molar refractivity (Wildman–Crippen MR) is 191 cm³/mol. The highest BCUT2D eigenvalue weighted by atomic mass is 28.4. The molecule has 48 heavy (non-hydrogen) atoms. The number of imidazole rings is 1. The second-order valence-electron chi connectivity index (χ2n) is 14.8. The summed E-state index contributed by atoms with van der Waals surface area (Å²) in [6, 6.07) is 10.2. The van der Waals surface area contributed by atoms with E-state index in [1.807, 2.05) is 30.2 Å². The molecule has 4 aromatic rings. The maximum absolute atomic E-state index is 13.6. The first-order valence-electron chi connectivity index (χ1n) is 16.3. The van der Waals surface area contributed by atoms with Crippen LogP contribution < -0.4 is 15.7 Å². The van der Waals surface area contributed by atoms with E-state index in [4.69, 9.17) is 9.41 Å². The molecule has 6 rings (SSSR count). The zero-order valence-electron chi connectivity index (χ0n) is 28.7. The van der Waals surface area contributed by atoms with Crippen LogP contribution in [0.2, 0.25) is 18.1 Å². The number of nitrogens with zero attached hydrogens (tertiary/aromatic N) is 7. The molecule has 247 valence electrons. The second-order valence-corrected chi connectivity index (χ2v) is 19.6. The summed E-state index contributed by atoms with van der Waals surface area (Å²) < 4.78 is 10.5. The van der Waals surface area contributed by atoms with Gasteiger partial charge in [-0.3, -0.25) is 4.79 Å². The van der Waals surface area contributed by atoms with Crippen molar-refractivity contribution in [1.82, 2.24) is 24.1 Å². The number of benzene rings is 1. The van der Waals surface area contributed by atoms with E-state index >= 15 is 0 Å². The quantitative estimate of drug-likeness (QED) is 0.158. The van der Waals surface area contributed by atoms with Gasteiger partial charge in [-0.1, -0.05) is 27.7 Å². The van der Waals surface area contributed by atoms with Gasteiger partial charge >= 0.3 is 7.41 Å². The van der Waals surface area contributed by atoms with Crippen molar-refractivity contribution in [2.45, 2.75) is 83.6 Å². The predicted octanol–water partition coefficient (Wildman–Crippen LogP) is 5.72. The number of hydrogen-bond acceptors (Lipinski definition) is 9. The maximum Gasteiger partial charge on any atom is 0.329 e. The fraction of sp³-hybridized carbons (Fsp3) is 0.429. The molecule has 0 spiro atoms. The van der Waals surface area contributed by atoms with E-state index in [0.29, 0.717) is 48.4 Å². The summed E-state index contributed by atoms with van der Waals surface area (Å²) in [4.78, 5) is 40.8. The molecule has 0 bridgehead atoms. The van der Waals surface area contributed by atoms with E-state index in [9.17, 15) is 14.9 Å². The van der Waals surface area contributed by atoms with E-state index in [2.05, 4.69) is 66.7 Å². The van der Waals surface area contributed by atoms with E-state index < -0.39 is 13.7 Å². The Labute approximate surface area is 283 Å². The van der Waals surface area contributed by atoms with Gasteiger partial charge in [-0.15, -0.1) is 0 Å². The normalized spacial score (nSPS) is 17.6. The van der Waals surface area contributed by atoms with Gasteiger partial charge in [-0.2, -0.15) is 5.26 Å². The topological polar surface area (TPSA) is 131 Å². The number of nitrogens with one attached hydrogen (secondary N) is 1. The van der Waals surface area contributed by atoms with E-state index in [0.717, 1.165) is 41.5 Å². The number of aryl methyl sites for hydroxylation is 1. The minimum Gasteiger partial charge on any atom is -0.416 e. The van der Waals surface area contributed by atoms with Gasteiger partial charge in [0.05, 0.1) is 17.8 Å². The smallest absolute Gasteiger partial charge is 0.329 e. The van der Waals surface area contributed by atoms with Crippen LogP contribution in [-0.2, 0) is 21.2 Å². The Morgan fingerprint density at radius 2 is 1.98 bits per heavy atom. The molecule has 3 aromatic heterocycles. The molecule has 1 saturated carbocycles. The summed E-state index contributed by atoms with van der Waals surface area (Å²) in [5, 5.41) is 13.5. The third kappa shape index (κ3) is 6.47. The fourth-order valence-electron chi connectivity index (χ4n) is 6.05. The lowest BCUT2D eigenvalue weighted by atomic mass is 9.83. The molecule has 1 atom stereocenters. The second kappa shape index (κ2) is 12.5. The van der Waals surface area contributed by atoms with E-state index in [1.54, 1.807) is 35.2 Å². The highest BCUT2D eigenvalue weighted by Gasteiger charge is 2.44. The Kier molecular flexibility index (Phi) is 8.68. The molecule has 2 aliphatic rings. The first kappa shape index (κ1) is 33.4. The number of anilines is 3. The molecule has 0 unspecified atom stereocenters. The number of hydrogen-bond donors (Lipinski definition) is 1. The number of carbonyl (C=O) groups excluding carboxylic acids is 1. The zero-order valence-corrected chi connectivity index (χ0v) is 29.7. The number of aromatic nitrogens is 5. The molecule has 4 heterocycles. The van der Waals surface area contributed by atoms with Gasteiger partial charge < -0.3 is 28.5 Å². The number of nitriles is 1. The first-order valence-corrected chi connectivity index (χ1v) is 19.2. The van der Waals surface area contributed by atoms with Gasteiger partial charge in [0.25, 0.3) is 5.56 Å². The first-order chi connectivity index (χ1) is 22.7. The summed E-state index contributed by atoms with van der Waals surface area (Å²) in [6.07, 6.45) is 10.2. The Morgan fingerprint density at radius 1 is 1.21 bits per heavy atom. The summed E-state index contributed by atoms with van der Waals surface area (Å²) >= 11 is 0. The third-order valence-electron chi connectivity index (χ3n) is 9.91. The highest BCUT2D eigenvalue weighted by Crippen LogP contribution is 2.46. The summed E-state index contributed by atoms with van der Waals surface area (Å²) in [7, 11) is -0.602. The average molecular weight is 662 g/mol. The van der Waals surface area contributed by atoms with Gasteiger partial charge in [0.15, 0.2) is 8.32 Å². The molecule has 1 fully saturated rings. The van der Waals surface area contributed by atoms with Crippen molar-refractivity contribution in [2.75, 3.05) is 23.3 Å². The van der Waals surface area contributed by atoms with Gasteiger partial charge in [0.2, 0.25) is 5.95 Å². The molecule has 1 aliphatic carbocycles. The van der Waals surface area contributed by atoms with Crippen LogP contribution in [0.25, 0.3) is 11.3 Å². The number of rotatable bonds is 11. The third-order valence-corrected chi connectivity index (χ3v) is 14.4. The molecule has 0 amide bonds. The summed E-state index contributed by atoms with van der Waals surface area (Å²) in [5.74, 6) is 1.12. The number of pyridine rings is 1. The zero-order chi connectivity index (χ0) is 34.4. The molecular formula is C35H42BN8O3Si. The van der Waals surface area contributed by atoms with Crippen LogP contribution in [0, 0.1) is 18.3 Å². The molecule has 0 saturated heterocycles. The SMILES string of the molecule is Cc1cc(Nc2nccc(-c3cc(C#N)c4c(c3)[C@@](C)(CO[Si](C)(C)C(C)(C)C)CN4[B]C=O)n2)c(=O)n(Cc2nccn2C2CC2)c1. The highest BCUT2D eigenvalue weighted by molar-refractivity contribution is 6.74. The lowest BCUT2D eigenvalue weighted by molar-refractivity contribution is 0.219. The van der Waals surface area contributed by atoms with Crippen molar-refractivity contribution >= 4 is 39.2 Å². The average Bonchev–Trinajstić information content (AvgIpc) is 3.71. The van der Waals surface area contributed by atoms with Crippen LogP contribution in [-0.4, -0.2) is 59.2 Å². The lowest BCUT2D eigenvalue weighted by Gasteiger charge is -2.39. The lowest BCUT2D eigenvalue weighted by Crippen LogP contribution is -2.46. The molecular weight excluding hydrogens is 619 g/mol. The molecule has 1 radical (unpaired) electrons. The van der Waals surface area contributed by atoms with Crippen LogP contribution in [0.5, 0.6) is 0 Å². The van der Waals surface area contributed by atoms with Crippen molar-refractivity contribution in [3.05, 3.63) is 81.9 Å². The van der Waals surface area contributed by atoms with Crippen molar-refractivity contribution in [2.24, 2.45) is 0 Å². The largest absolute Gasteiger partial charge is 0.416 e. The van der Waals surface area contributed by atoms with Gasteiger partial charge in [-0.05, 0) is 73.3 Å². The van der Waals surface area contributed by atoms with Gasteiger partial charge in [0.1, 0.15) is 23.8 Å². The minimum absolute atomic E-state index is 0.0305. The Morgan fingerprint density at radius 3 is 2.67 bits per heavy atom. The molecule has 1 aromatic carbocycles. The fourth-order valence-corrected chi connectivity index (χ4v) is 7.17. The monoisotopic (exact) mass is 661 g/mol. The van der Waals surface area contributed by atoms with Crippen molar-refractivity contribution in [3.8, 4) is 17.3 Å². The molecule has 1 N–H and O–H groups in total. The van der Waals surface area contributed by atoms with Crippen molar-refractivity contribution in [3.63, 3.8) is 0 Å². The Bertz CT molecular complexity index is 1970. The van der Waals surface area contributed by atoms with E-state index in [-0.39, 0.29) is 16.5 Å². The minimum atomic E-state index is -2.09. The van der Waals surface area contributed by atoms with Gasteiger partial charge in [-0.25, -0.2) is 15.0 Å². The number of carbonyl (C=O) groups is 1. The van der Waals surface area contributed by atoms with Crippen LogP contribution in [0.1, 0.15) is 69.1 Å². The van der Waals surface area contributed by atoms with E-state index in [1.165, 1.54) is 7.41 Å². The summed E-state index contributed by atoms with van der Waals surface area (Å²) in [5.41, 5.74) is 3.99.